The number of piperidine rings is 1. The molecule has 2 fully saturated rings. The molecule has 5 rings (SSSR count). The topological polar surface area (TPSA) is 78.7 Å². The minimum Gasteiger partial charge on any atom is -0.0622 e. The van der Waals surface area contributed by atoms with E-state index in [-0.39, 0.29) is 23.3 Å². The predicted octanol–water partition coefficient (Wildman–Crippen LogP) is 5.64. The van der Waals surface area contributed by atoms with E-state index in [0.29, 0.717) is 25.2 Å². The van der Waals surface area contributed by atoms with Crippen molar-refractivity contribution in [1.82, 2.24) is 14.7 Å². The number of carbonyl (C=O) groups excluding carboxylic acids is 1. The van der Waals surface area contributed by atoms with Crippen LogP contribution in [0.4, 0.5) is 10.5 Å². The van der Waals surface area contributed by atoms with Crippen LogP contribution in [0.15, 0.2) is 60.7 Å². The van der Waals surface area contributed by atoms with E-state index in [4.69, 9.17) is 0 Å². The van der Waals surface area contributed by atoms with Crippen LogP contribution in [0.1, 0.15) is 55.4 Å². The second-order valence-corrected chi connectivity index (χ2v) is 23.7. The van der Waals surface area contributed by atoms with Crippen molar-refractivity contribution in [1.29, 1.82) is 0 Å². The summed E-state index contributed by atoms with van der Waals surface area (Å²) in [5.41, 5.74) is 3.29. The summed E-state index contributed by atoms with van der Waals surface area (Å²) in [6, 6.07) is 20.7. The van der Waals surface area contributed by atoms with Crippen molar-refractivity contribution in [2.45, 2.75) is 46.1 Å². The molecule has 0 spiro atoms. The van der Waals surface area contributed by atoms with Gasteiger partial charge < -0.3 is 0 Å². The second kappa shape index (κ2) is 12.9. The number of benzene rings is 2. The van der Waals surface area contributed by atoms with Crippen LogP contribution in [0.5, 0.6) is 0 Å². The molecule has 2 unspecified atom stereocenters. The van der Waals surface area contributed by atoms with Gasteiger partial charge in [-0.3, -0.25) is 0 Å². The van der Waals surface area contributed by atoms with Gasteiger partial charge in [-0.2, -0.15) is 0 Å². The molecule has 0 bridgehead atoms. The molecule has 2 amide bonds. The van der Waals surface area contributed by atoms with E-state index in [2.05, 4.69) is 82.3 Å². The fourth-order valence-corrected chi connectivity index (χ4v) is 19.8. The Kier molecular flexibility index (Phi) is 9.46. The Morgan fingerprint density at radius 3 is 2.39 bits per heavy atom. The molecular formula is C31H39AsN4O3S2. The van der Waals surface area contributed by atoms with Crippen LogP contribution in [0.3, 0.4) is 0 Å². The van der Waals surface area contributed by atoms with Gasteiger partial charge in [0.15, 0.2) is 0 Å². The molecule has 10 heteroatoms. The van der Waals surface area contributed by atoms with Crippen molar-refractivity contribution in [3.63, 3.8) is 0 Å². The van der Waals surface area contributed by atoms with Crippen LogP contribution >= 0.6 is 20.0 Å². The average molecular weight is 655 g/mol. The molecule has 2 atom stereocenters. The predicted molar refractivity (Wildman–Crippen MR) is 172 cm³/mol. The average Bonchev–Trinajstić information content (AvgIpc) is 3.62. The summed E-state index contributed by atoms with van der Waals surface area (Å²) >= 11 is -1.12. The number of aryl methyl sites for hydroxylation is 1. The molecule has 218 valence electrons. The van der Waals surface area contributed by atoms with Crippen LogP contribution in [0.2, 0.25) is 0 Å². The van der Waals surface area contributed by atoms with E-state index < -0.39 is 18.4 Å². The van der Waals surface area contributed by atoms with Gasteiger partial charge in [-0.25, -0.2) is 0 Å². The number of likely N-dealkylation sites (tertiary alicyclic amines) is 1. The maximum absolute atomic E-state index is 14.2. The zero-order chi connectivity index (χ0) is 29.1. The van der Waals surface area contributed by atoms with E-state index in [0.717, 1.165) is 24.2 Å². The number of anilines is 1. The Morgan fingerprint density at radius 2 is 1.76 bits per heavy atom. The molecule has 2 saturated heterocycles. The van der Waals surface area contributed by atoms with Gasteiger partial charge >= 0.3 is 237 Å². The number of aromatic nitrogens is 2. The third-order valence-corrected chi connectivity index (χ3v) is 21.7. The van der Waals surface area contributed by atoms with Crippen molar-refractivity contribution in [3.8, 4) is 0 Å². The molecule has 3 heterocycles. The first kappa shape index (κ1) is 30.1. The molecule has 2 aliphatic heterocycles. The first-order valence-corrected chi connectivity index (χ1v) is 21.6. The zero-order valence-corrected chi connectivity index (χ0v) is 27.7. The summed E-state index contributed by atoms with van der Waals surface area (Å²) in [5, 5.41) is 14.5. The van der Waals surface area contributed by atoms with Crippen molar-refractivity contribution in [3.05, 3.63) is 77.6 Å². The normalized spacial score (nSPS) is 19.9. The Morgan fingerprint density at radius 1 is 1.07 bits per heavy atom. The number of amides is 2. The summed E-state index contributed by atoms with van der Waals surface area (Å²) < 4.78 is 3.23. The molecule has 1 aromatic heterocycles. The van der Waals surface area contributed by atoms with E-state index in [1.165, 1.54) is 21.4 Å². The van der Waals surface area contributed by atoms with Crippen LogP contribution in [-0.2, 0) is 13.5 Å². The molecule has 2 aromatic carbocycles. The van der Waals surface area contributed by atoms with Gasteiger partial charge in [0.1, 0.15) is 0 Å². The molecule has 2 aliphatic rings. The molecule has 0 aliphatic carbocycles. The smallest absolute Gasteiger partial charge is 0.0622 e. The quantitative estimate of drug-likeness (QED) is 0.333. The van der Waals surface area contributed by atoms with Crippen molar-refractivity contribution in [2.75, 3.05) is 29.5 Å². The monoisotopic (exact) mass is 654 g/mol. The van der Waals surface area contributed by atoms with Crippen LogP contribution in [0, 0.1) is 11.3 Å². The first-order valence-electron chi connectivity index (χ1n) is 14.1. The van der Waals surface area contributed by atoms with Gasteiger partial charge in [-0.05, 0) is 0 Å². The number of hydrogen-bond donors (Lipinski definition) is 1. The zero-order valence-electron chi connectivity index (χ0n) is 24.2. The minimum atomic E-state index is -1.12. The standard InChI is InChI=1S/C31H39AsN4O3S2/c1-31(2,3)28-19-23(14-15-35(28)30(38)39)21-36(25-12-10-24(11-13-25)32-40-16-17-41-32)29(37)27-20-26(34(4)33-27)18-22-8-6-5-7-9-22/h5-13,20,23,28H,14-19,21H2,1-4H3,(H,38,39). The Bertz CT molecular complexity index is 1350. The van der Waals surface area contributed by atoms with E-state index in [9.17, 15) is 14.7 Å². The Labute approximate surface area is 254 Å². The van der Waals surface area contributed by atoms with Crippen molar-refractivity contribution >= 4 is 54.4 Å². The number of rotatable bonds is 7. The van der Waals surface area contributed by atoms with E-state index in [1.54, 1.807) is 4.90 Å². The molecular weight excluding hydrogens is 615 g/mol. The van der Waals surface area contributed by atoms with Crippen molar-refractivity contribution < 1.29 is 14.7 Å². The minimum absolute atomic E-state index is 0.104. The van der Waals surface area contributed by atoms with Crippen LogP contribution in [0.25, 0.3) is 0 Å². The van der Waals surface area contributed by atoms with Crippen LogP contribution < -0.4 is 9.25 Å². The van der Waals surface area contributed by atoms with Gasteiger partial charge in [0, 0.05) is 0 Å². The summed E-state index contributed by atoms with van der Waals surface area (Å²) in [5.74, 6) is 2.53. The van der Waals surface area contributed by atoms with Gasteiger partial charge in [-0.1, -0.05) is 18.2 Å². The Hall–Kier alpha value is -2.35. The molecule has 41 heavy (non-hydrogen) atoms. The van der Waals surface area contributed by atoms with E-state index in [1.807, 2.05) is 40.9 Å². The molecule has 1 N–H and O–H groups in total. The molecule has 7 nitrogen and oxygen atoms in total. The number of hydrogen-bond acceptors (Lipinski definition) is 5. The molecule has 0 saturated carbocycles. The summed E-state index contributed by atoms with van der Waals surface area (Å²) in [6.45, 7) is 7.32. The summed E-state index contributed by atoms with van der Waals surface area (Å²) in [6.07, 6.45) is 1.29. The second-order valence-electron chi connectivity index (χ2n) is 11.9. The Balaban J connectivity index is 1.42. The summed E-state index contributed by atoms with van der Waals surface area (Å²) in [7, 11) is 6.12. The molecule has 0 radical (unpaired) electrons. The van der Waals surface area contributed by atoms with Crippen LogP contribution in [-0.4, -0.2) is 74.8 Å². The first-order chi connectivity index (χ1) is 19.6. The fraction of sp³-hybridized carbons (Fsp3) is 0.452. The third-order valence-electron chi connectivity index (χ3n) is 7.94. The van der Waals surface area contributed by atoms with Gasteiger partial charge in [0.25, 0.3) is 0 Å². The maximum atomic E-state index is 14.2. The molecule has 3 aromatic rings. The third kappa shape index (κ3) is 7.18. The van der Waals surface area contributed by atoms with E-state index >= 15 is 0 Å². The summed E-state index contributed by atoms with van der Waals surface area (Å²) in [4.78, 5) is 29.7. The SMILES string of the molecule is Cn1nc(C(=O)N(CC2CCN(C(=O)O)C(C(C)(C)C)C2)c2ccc([As]3SCCS3)cc2)cc1Cc1ccccc1. The fourth-order valence-electron chi connectivity index (χ4n) is 5.72. The van der Waals surface area contributed by atoms with Gasteiger partial charge in [-0.15, -0.1) is 0 Å². The number of carboxylic acid groups (broad SMARTS) is 1. The number of nitrogens with zero attached hydrogens (tertiary/aromatic N) is 4. The van der Waals surface area contributed by atoms with Gasteiger partial charge in [0.05, 0.1) is 0 Å². The van der Waals surface area contributed by atoms with Gasteiger partial charge in [0.2, 0.25) is 0 Å². The van der Waals surface area contributed by atoms with Crippen molar-refractivity contribution in [2.24, 2.45) is 18.4 Å². The number of carbonyl (C=O) groups is 2.